The highest BCUT2D eigenvalue weighted by atomic mass is 16.2. The summed E-state index contributed by atoms with van der Waals surface area (Å²) < 4.78 is 1.80. The maximum atomic E-state index is 12.4. The first-order valence-corrected chi connectivity index (χ1v) is 7.41. The molecule has 122 valence electrons. The molecular formula is C16H21N5O2. The van der Waals surface area contributed by atoms with Crippen LogP contribution >= 0.6 is 0 Å². The molecule has 2 rings (SSSR count). The average Bonchev–Trinajstić information content (AvgIpc) is 2.90. The van der Waals surface area contributed by atoms with Crippen LogP contribution in [0, 0.1) is 5.92 Å². The van der Waals surface area contributed by atoms with Gasteiger partial charge in [-0.15, -0.1) is 10.2 Å². The molecule has 1 unspecified atom stereocenters. The number of nitrogens with zero attached hydrogens (tertiary/aromatic N) is 3. The first-order chi connectivity index (χ1) is 10.9. The van der Waals surface area contributed by atoms with Gasteiger partial charge in [0.1, 0.15) is 12.4 Å². The number of aryl methyl sites for hydroxylation is 1. The van der Waals surface area contributed by atoms with E-state index in [0.717, 1.165) is 5.56 Å². The standard InChI is InChI=1S/C16H21N5O2/c1-10(2)14(18-11(3)22)16(23)19-13-7-5-6-12(8-13)15-20-17-9-21(15)4/h5-10,14H,1-4H3,(H,18,22)(H,19,23). The Bertz CT molecular complexity index is 708. The fraction of sp³-hybridized carbons (Fsp3) is 0.375. The molecule has 0 saturated heterocycles. The molecule has 0 saturated carbocycles. The lowest BCUT2D eigenvalue weighted by Crippen LogP contribution is -2.46. The number of hydrogen-bond acceptors (Lipinski definition) is 4. The molecule has 7 nitrogen and oxygen atoms in total. The number of anilines is 1. The molecule has 2 amide bonds. The summed E-state index contributed by atoms with van der Waals surface area (Å²) in [6.45, 7) is 5.17. The summed E-state index contributed by atoms with van der Waals surface area (Å²) in [6, 6.07) is 6.78. The van der Waals surface area contributed by atoms with Gasteiger partial charge in [0.15, 0.2) is 5.82 Å². The molecule has 1 aromatic carbocycles. The van der Waals surface area contributed by atoms with Crippen LogP contribution in [0.15, 0.2) is 30.6 Å². The zero-order chi connectivity index (χ0) is 17.0. The minimum Gasteiger partial charge on any atom is -0.344 e. The molecule has 1 atom stereocenters. The van der Waals surface area contributed by atoms with Crippen molar-refractivity contribution in [2.24, 2.45) is 13.0 Å². The molecule has 7 heteroatoms. The third-order valence-electron chi connectivity index (χ3n) is 3.41. The third-order valence-corrected chi connectivity index (χ3v) is 3.41. The molecule has 1 aromatic heterocycles. The Labute approximate surface area is 135 Å². The Hall–Kier alpha value is -2.70. The normalized spacial score (nSPS) is 12.0. The van der Waals surface area contributed by atoms with E-state index in [4.69, 9.17) is 0 Å². The van der Waals surface area contributed by atoms with E-state index in [-0.39, 0.29) is 17.7 Å². The molecular weight excluding hydrogens is 294 g/mol. The molecule has 0 fully saturated rings. The van der Waals surface area contributed by atoms with Crippen molar-refractivity contribution in [2.45, 2.75) is 26.8 Å². The van der Waals surface area contributed by atoms with E-state index in [1.165, 1.54) is 6.92 Å². The Morgan fingerprint density at radius 2 is 2.00 bits per heavy atom. The monoisotopic (exact) mass is 315 g/mol. The van der Waals surface area contributed by atoms with Crippen LogP contribution in [0.5, 0.6) is 0 Å². The number of hydrogen-bond donors (Lipinski definition) is 2. The van der Waals surface area contributed by atoms with Gasteiger partial charge >= 0.3 is 0 Å². The number of nitrogens with one attached hydrogen (secondary N) is 2. The fourth-order valence-electron chi connectivity index (χ4n) is 2.25. The van der Waals surface area contributed by atoms with Gasteiger partial charge in [0.05, 0.1) is 0 Å². The van der Waals surface area contributed by atoms with Crippen molar-refractivity contribution in [3.8, 4) is 11.4 Å². The first-order valence-electron chi connectivity index (χ1n) is 7.41. The molecule has 0 aliphatic heterocycles. The van der Waals surface area contributed by atoms with Gasteiger partial charge in [-0.3, -0.25) is 9.59 Å². The van der Waals surface area contributed by atoms with Gasteiger partial charge < -0.3 is 15.2 Å². The summed E-state index contributed by atoms with van der Waals surface area (Å²) in [5, 5.41) is 13.4. The Morgan fingerprint density at radius 1 is 1.26 bits per heavy atom. The van der Waals surface area contributed by atoms with E-state index < -0.39 is 6.04 Å². The minimum atomic E-state index is -0.578. The lowest BCUT2D eigenvalue weighted by Gasteiger charge is -2.21. The van der Waals surface area contributed by atoms with E-state index >= 15 is 0 Å². The van der Waals surface area contributed by atoms with Crippen LogP contribution in [0.25, 0.3) is 11.4 Å². The van der Waals surface area contributed by atoms with Crippen LogP contribution in [0.4, 0.5) is 5.69 Å². The third kappa shape index (κ3) is 4.15. The predicted molar refractivity (Wildman–Crippen MR) is 87.5 cm³/mol. The number of carbonyl (C=O) groups is 2. The lowest BCUT2D eigenvalue weighted by atomic mass is 10.0. The van der Waals surface area contributed by atoms with Gasteiger partial charge in [0.25, 0.3) is 0 Å². The van der Waals surface area contributed by atoms with Crippen molar-refractivity contribution >= 4 is 17.5 Å². The number of aromatic nitrogens is 3. The smallest absolute Gasteiger partial charge is 0.247 e. The van der Waals surface area contributed by atoms with Crippen molar-refractivity contribution in [1.29, 1.82) is 0 Å². The molecule has 2 N–H and O–H groups in total. The fourth-order valence-corrected chi connectivity index (χ4v) is 2.25. The number of carbonyl (C=O) groups excluding carboxylic acids is 2. The van der Waals surface area contributed by atoms with Crippen LogP contribution in [0.2, 0.25) is 0 Å². The Kier molecular flexibility index (Phi) is 5.10. The van der Waals surface area contributed by atoms with Crippen molar-refractivity contribution in [3.05, 3.63) is 30.6 Å². The Balaban J connectivity index is 2.18. The molecule has 0 aliphatic carbocycles. The second kappa shape index (κ2) is 7.04. The lowest BCUT2D eigenvalue weighted by molar-refractivity contribution is -0.126. The molecule has 23 heavy (non-hydrogen) atoms. The molecule has 0 radical (unpaired) electrons. The van der Waals surface area contributed by atoms with Gasteiger partial charge in [-0.25, -0.2) is 0 Å². The second-order valence-corrected chi connectivity index (χ2v) is 5.76. The number of amides is 2. The van der Waals surface area contributed by atoms with Crippen LogP contribution in [0.3, 0.4) is 0 Å². The summed E-state index contributed by atoms with van der Waals surface area (Å²) in [7, 11) is 1.85. The zero-order valence-corrected chi connectivity index (χ0v) is 13.7. The summed E-state index contributed by atoms with van der Waals surface area (Å²) in [5.41, 5.74) is 1.50. The van der Waals surface area contributed by atoms with Crippen LogP contribution < -0.4 is 10.6 Å². The summed E-state index contributed by atoms with van der Waals surface area (Å²) >= 11 is 0. The highest BCUT2D eigenvalue weighted by molar-refractivity contribution is 5.97. The van der Waals surface area contributed by atoms with Crippen molar-refractivity contribution in [2.75, 3.05) is 5.32 Å². The van der Waals surface area contributed by atoms with E-state index in [1.807, 2.05) is 39.1 Å². The average molecular weight is 315 g/mol. The van der Waals surface area contributed by atoms with E-state index in [0.29, 0.717) is 11.5 Å². The van der Waals surface area contributed by atoms with E-state index in [1.54, 1.807) is 17.0 Å². The maximum Gasteiger partial charge on any atom is 0.247 e. The van der Waals surface area contributed by atoms with Crippen LogP contribution in [0.1, 0.15) is 20.8 Å². The van der Waals surface area contributed by atoms with Crippen molar-refractivity contribution in [1.82, 2.24) is 20.1 Å². The first kappa shape index (κ1) is 16.7. The molecule has 2 aromatic rings. The molecule has 1 heterocycles. The maximum absolute atomic E-state index is 12.4. The summed E-state index contributed by atoms with van der Waals surface area (Å²) in [5.74, 6) is 0.223. The van der Waals surface area contributed by atoms with E-state index in [9.17, 15) is 9.59 Å². The van der Waals surface area contributed by atoms with Gasteiger partial charge in [-0.05, 0) is 18.1 Å². The zero-order valence-electron chi connectivity index (χ0n) is 13.7. The highest BCUT2D eigenvalue weighted by Crippen LogP contribution is 2.20. The van der Waals surface area contributed by atoms with Crippen LogP contribution in [-0.2, 0) is 16.6 Å². The predicted octanol–water partition coefficient (Wildman–Crippen LogP) is 1.58. The van der Waals surface area contributed by atoms with Crippen molar-refractivity contribution in [3.63, 3.8) is 0 Å². The topological polar surface area (TPSA) is 88.9 Å². The molecule has 0 spiro atoms. The SMILES string of the molecule is CC(=O)NC(C(=O)Nc1cccc(-c2nncn2C)c1)C(C)C. The van der Waals surface area contributed by atoms with Crippen LogP contribution in [-0.4, -0.2) is 32.6 Å². The van der Waals surface area contributed by atoms with Gasteiger partial charge in [-0.1, -0.05) is 26.0 Å². The summed E-state index contributed by atoms with van der Waals surface area (Å²) in [6.07, 6.45) is 1.62. The number of rotatable bonds is 5. The van der Waals surface area contributed by atoms with E-state index in [2.05, 4.69) is 20.8 Å². The van der Waals surface area contributed by atoms with Crippen molar-refractivity contribution < 1.29 is 9.59 Å². The largest absolute Gasteiger partial charge is 0.344 e. The highest BCUT2D eigenvalue weighted by Gasteiger charge is 2.23. The quantitative estimate of drug-likeness (QED) is 0.876. The van der Waals surface area contributed by atoms with Gasteiger partial charge in [0.2, 0.25) is 11.8 Å². The number of benzene rings is 1. The molecule has 0 aliphatic rings. The second-order valence-electron chi connectivity index (χ2n) is 5.76. The molecule has 0 bridgehead atoms. The van der Waals surface area contributed by atoms with Gasteiger partial charge in [0, 0.05) is 25.2 Å². The summed E-state index contributed by atoms with van der Waals surface area (Å²) in [4.78, 5) is 23.6. The minimum absolute atomic E-state index is 0.0131. The Morgan fingerprint density at radius 3 is 2.57 bits per heavy atom. The van der Waals surface area contributed by atoms with Gasteiger partial charge in [-0.2, -0.15) is 0 Å².